The number of anilines is 1. The van der Waals surface area contributed by atoms with E-state index in [9.17, 15) is 9.59 Å². The molecule has 1 saturated heterocycles. The van der Waals surface area contributed by atoms with E-state index in [4.69, 9.17) is 21.1 Å². The fourth-order valence-electron chi connectivity index (χ4n) is 4.72. The normalized spacial score (nSPS) is 19.8. The highest BCUT2D eigenvalue weighted by atomic mass is 35.5. The first-order valence-corrected chi connectivity index (χ1v) is 10.5. The summed E-state index contributed by atoms with van der Waals surface area (Å²) in [5.74, 6) is -0.544. The number of nitrogens with zero attached hydrogens (tertiary/aromatic N) is 3. The van der Waals surface area contributed by atoms with Gasteiger partial charge in [-0.15, -0.1) is 0 Å². The Kier molecular flexibility index (Phi) is 5.36. The van der Waals surface area contributed by atoms with Crippen molar-refractivity contribution in [3.05, 3.63) is 51.4 Å². The number of carbonyl (C=O) groups excluding carboxylic acids is 1. The standard InChI is InChI=1S/C22H26ClN3O4/c1-21(2)13-25(14-22(30-21)10-6-7-11-22)17-12-24-26(19(27)18(17)23)16-9-5-4-8-15(16)20(28)29-3/h4-5,8-9,12H,6-7,10-11,13-14H2,1-3H3. The number of carbonyl (C=O) groups is 1. The lowest BCUT2D eigenvalue weighted by molar-refractivity contribution is -0.148. The quantitative estimate of drug-likeness (QED) is 0.691. The summed E-state index contributed by atoms with van der Waals surface area (Å²) >= 11 is 6.56. The van der Waals surface area contributed by atoms with Gasteiger partial charge in [0.25, 0.3) is 5.56 Å². The summed E-state index contributed by atoms with van der Waals surface area (Å²) in [5, 5.41) is 4.43. The van der Waals surface area contributed by atoms with Crippen LogP contribution in [0, 0.1) is 0 Å². The van der Waals surface area contributed by atoms with Crippen molar-refractivity contribution in [2.75, 3.05) is 25.1 Å². The molecule has 1 aliphatic heterocycles. The topological polar surface area (TPSA) is 73.7 Å². The van der Waals surface area contributed by atoms with Crippen LogP contribution in [-0.4, -0.2) is 47.2 Å². The summed E-state index contributed by atoms with van der Waals surface area (Å²) in [6, 6.07) is 6.66. The maximum atomic E-state index is 13.1. The van der Waals surface area contributed by atoms with Crippen LogP contribution in [-0.2, 0) is 9.47 Å². The van der Waals surface area contributed by atoms with Crippen LogP contribution in [0.1, 0.15) is 49.9 Å². The van der Waals surface area contributed by atoms with Gasteiger partial charge in [0.05, 0.1) is 41.4 Å². The van der Waals surface area contributed by atoms with E-state index < -0.39 is 11.5 Å². The van der Waals surface area contributed by atoms with E-state index in [0.29, 0.717) is 24.5 Å². The Bertz CT molecular complexity index is 1030. The van der Waals surface area contributed by atoms with E-state index in [1.54, 1.807) is 30.5 Å². The Balaban J connectivity index is 1.74. The molecule has 8 heteroatoms. The van der Waals surface area contributed by atoms with Gasteiger partial charge in [-0.2, -0.15) is 9.78 Å². The van der Waals surface area contributed by atoms with Crippen molar-refractivity contribution in [3.63, 3.8) is 0 Å². The van der Waals surface area contributed by atoms with E-state index in [1.165, 1.54) is 7.11 Å². The molecule has 0 bridgehead atoms. The predicted molar refractivity (Wildman–Crippen MR) is 115 cm³/mol. The average molecular weight is 432 g/mol. The Morgan fingerprint density at radius 2 is 1.87 bits per heavy atom. The minimum atomic E-state index is -0.544. The second-order valence-corrected chi connectivity index (χ2v) is 9.06. The number of morpholine rings is 1. The third-order valence-electron chi connectivity index (χ3n) is 5.84. The highest BCUT2D eigenvalue weighted by Gasteiger charge is 2.46. The summed E-state index contributed by atoms with van der Waals surface area (Å²) in [6.07, 6.45) is 5.88. The van der Waals surface area contributed by atoms with Gasteiger partial charge < -0.3 is 14.4 Å². The van der Waals surface area contributed by atoms with Crippen molar-refractivity contribution in [1.29, 1.82) is 0 Å². The van der Waals surface area contributed by atoms with Gasteiger partial charge in [-0.1, -0.05) is 36.6 Å². The molecule has 0 atom stereocenters. The number of esters is 1. The van der Waals surface area contributed by atoms with Gasteiger partial charge in [0, 0.05) is 13.1 Å². The van der Waals surface area contributed by atoms with Gasteiger partial charge in [0.2, 0.25) is 0 Å². The fourth-order valence-corrected chi connectivity index (χ4v) is 4.97. The van der Waals surface area contributed by atoms with Crippen LogP contribution < -0.4 is 10.5 Å². The van der Waals surface area contributed by atoms with Crippen LogP contribution in [0.4, 0.5) is 5.69 Å². The molecule has 0 N–H and O–H groups in total. The number of rotatable bonds is 3. The first-order chi connectivity index (χ1) is 14.3. The van der Waals surface area contributed by atoms with Crippen molar-refractivity contribution < 1.29 is 14.3 Å². The van der Waals surface area contributed by atoms with Crippen LogP contribution in [0.2, 0.25) is 5.02 Å². The Morgan fingerprint density at radius 1 is 1.17 bits per heavy atom. The first kappa shape index (κ1) is 20.9. The molecule has 4 rings (SSSR count). The highest BCUT2D eigenvalue weighted by molar-refractivity contribution is 6.33. The largest absolute Gasteiger partial charge is 0.465 e. The molecule has 1 saturated carbocycles. The van der Waals surface area contributed by atoms with Gasteiger partial charge in [-0.05, 0) is 38.8 Å². The summed E-state index contributed by atoms with van der Waals surface area (Å²) < 4.78 is 12.4. The lowest BCUT2D eigenvalue weighted by Crippen LogP contribution is -2.59. The number of hydrogen-bond donors (Lipinski definition) is 0. The monoisotopic (exact) mass is 431 g/mol. The molecule has 2 aliphatic rings. The fraction of sp³-hybridized carbons (Fsp3) is 0.500. The number of hydrogen-bond acceptors (Lipinski definition) is 6. The molecule has 1 aliphatic carbocycles. The Labute approximate surface area is 180 Å². The molecule has 0 unspecified atom stereocenters. The zero-order valence-corrected chi connectivity index (χ0v) is 18.2. The molecule has 0 amide bonds. The van der Waals surface area contributed by atoms with E-state index >= 15 is 0 Å². The zero-order valence-electron chi connectivity index (χ0n) is 17.5. The molecule has 7 nitrogen and oxygen atoms in total. The number of aromatic nitrogens is 2. The van der Waals surface area contributed by atoms with E-state index in [1.807, 2.05) is 0 Å². The molecule has 2 aromatic rings. The minimum Gasteiger partial charge on any atom is -0.465 e. The lowest BCUT2D eigenvalue weighted by atomic mass is 9.94. The molecule has 30 heavy (non-hydrogen) atoms. The van der Waals surface area contributed by atoms with Crippen LogP contribution in [0.5, 0.6) is 0 Å². The summed E-state index contributed by atoms with van der Waals surface area (Å²) in [4.78, 5) is 27.4. The second kappa shape index (κ2) is 7.71. The van der Waals surface area contributed by atoms with Crippen LogP contribution in [0.3, 0.4) is 0 Å². The number of para-hydroxylation sites is 1. The zero-order chi connectivity index (χ0) is 21.5. The molecule has 0 radical (unpaired) electrons. The van der Waals surface area contributed by atoms with Crippen molar-refractivity contribution in [1.82, 2.24) is 9.78 Å². The molecule has 160 valence electrons. The number of ether oxygens (including phenoxy) is 2. The average Bonchev–Trinajstić information content (AvgIpc) is 3.14. The first-order valence-electron chi connectivity index (χ1n) is 10.2. The number of benzene rings is 1. The van der Waals surface area contributed by atoms with Crippen molar-refractivity contribution >= 4 is 23.3 Å². The molecular formula is C22H26ClN3O4. The van der Waals surface area contributed by atoms with Crippen LogP contribution in [0.15, 0.2) is 35.3 Å². The van der Waals surface area contributed by atoms with Gasteiger partial charge in [0.1, 0.15) is 5.02 Å². The smallest absolute Gasteiger partial charge is 0.340 e. The van der Waals surface area contributed by atoms with E-state index in [-0.39, 0.29) is 21.8 Å². The maximum absolute atomic E-state index is 13.1. The SMILES string of the molecule is COC(=O)c1ccccc1-n1ncc(N2CC(C)(C)OC3(CCCC3)C2)c(Cl)c1=O. The molecule has 1 spiro atoms. The van der Waals surface area contributed by atoms with Gasteiger partial charge in [-0.25, -0.2) is 4.79 Å². The van der Waals surface area contributed by atoms with Gasteiger partial charge >= 0.3 is 5.97 Å². The van der Waals surface area contributed by atoms with Crippen molar-refractivity contribution in [2.45, 2.75) is 50.7 Å². The summed E-state index contributed by atoms with van der Waals surface area (Å²) in [6.45, 7) is 5.42. The van der Waals surface area contributed by atoms with E-state index in [2.05, 4.69) is 23.8 Å². The third-order valence-corrected chi connectivity index (χ3v) is 6.19. The Hall–Kier alpha value is -2.38. The predicted octanol–water partition coefficient (Wildman–Crippen LogP) is 3.60. The molecule has 1 aromatic carbocycles. The van der Waals surface area contributed by atoms with Gasteiger partial charge in [0.15, 0.2) is 0 Å². The lowest BCUT2D eigenvalue weighted by Gasteiger charge is -2.49. The Morgan fingerprint density at radius 3 is 2.57 bits per heavy atom. The van der Waals surface area contributed by atoms with Crippen molar-refractivity contribution in [3.8, 4) is 5.69 Å². The van der Waals surface area contributed by atoms with E-state index in [0.717, 1.165) is 30.4 Å². The second-order valence-electron chi connectivity index (χ2n) is 8.68. The van der Waals surface area contributed by atoms with Gasteiger partial charge in [-0.3, -0.25) is 4.79 Å². The minimum absolute atomic E-state index is 0.0792. The molecular weight excluding hydrogens is 406 g/mol. The summed E-state index contributed by atoms with van der Waals surface area (Å²) in [7, 11) is 1.30. The summed E-state index contributed by atoms with van der Waals surface area (Å²) in [5.41, 5.74) is 0.120. The van der Waals surface area contributed by atoms with Crippen LogP contribution in [0.25, 0.3) is 5.69 Å². The highest BCUT2D eigenvalue weighted by Crippen LogP contribution is 2.42. The molecule has 2 fully saturated rings. The third kappa shape index (κ3) is 3.72. The molecule has 2 heterocycles. The van der Waals surface area contributed by atoms with Crippen molar-refractivity contribution in [2.24, 2.45) is 0 Å². The number of halogens is 1. The molecule has 1 aromatic heterocycles. The maximum Gasteiger partial charge on any atom is 0.340 e. The number of methoxy groups -OCH3 is 1. The van der Waals surface area contributed by atoms with Crippen LogP contribution >= 0.6 is 11.6 Å².